The summed E-state index contributed by atoms with van der Waals surface area (Å²) in [5, 5.41) is 0. The van der Waals surface area contributed by atoms with E-state index >= 15 is 0 Å². The van der Waals surface area contributed by atoms with Gasteiger partial charge in [-0.15, -0.1) is 12.3 Å². The number of aryl methyl sites for hydroxylation is 1. The minimum Gasteiger partial charge on any atom is -0.294 e. The van der Waals surface area contributed by atoms with Gasteiger partial charge in [-0.05, 0) is 19.1 Å². The SMILES string of the molecule is C#CCCC(=O)c1ccnc(C)c1. The predicted molar refractivity (Wildman–Crippen MR) is 51.4 cm³/mol. The topological polar surface area (TPSA) is 30.0 Å². The second-order valence-corrected chi connectivity index (χ2v) is 2.81. The van der Waals surface area contributed by atoms with Gasteiger partial charge in [-0.25, -0.2) is 0 Å². The molecule has 0 aliphatic heterocycles. The van der Waals surface area contributed by atoms with Gasteiger partial charge in [0.15, 0.2) is 5.78 Å². The molecule has 1 aromatic heterocycles. The van der Waals surface area contributed by atoms with Crippen LogP contribution in [-0.4, -0.2) is 10.8 Å². The lowest BCUT2D eigenvalue weighted by molar-refractivity contribution is 0.0984. The van der Waals surface area contributed by atoms with Crippen LogP contribution in [0.5, 0.6) is 0 Å². The number of carbonyl (C=O) groups is 1. The summed E-state index contributed by atoms with van der Waals surface area (Å²) in [6.07, 6.45) is 7.62. The summed E-state index contributed by atoms with van der Waals surface area (Å²) in [5.74, 6) is 2.53. The van der Waals surface area contributed by atoms with Gasteiger partial charge in [-0.1, -0.05) is 0 Å². The maximum Gasteiger partial charge on any atom is 0.163 e. The highest BCUT2D eigenvalue weighted by Gasteiger charge is 2.04. The predicted octanol–water partition coefficient (Wildman–Crippen LogP) is 1.99. The van der Waals surface area contributed by atoms with Gasteiger partial charge in [0, 0.05) is 30.3 Å². The molecule has 1 aromatic rings. The van der Waals surface area contributed by atoms with Crippen LogP contribution in [0.25, 0.3) is 0 Å². The fourth-order valence-electron chi connectivity index (χ4n) is 1.05. The van der Waals surface area contributed by atoms with Crippen LogP contribution in [0.15, 0.2) is 18.3 Å². The van der Waals surface area contributed by atoms with Crippen LogP contribution in [0, 0.1) is 19.3 Å². The number of hydrogen-bond donors (Lipinski definition) is 0. The maximum absolute atomic E-state index is 11.4. The Bertz CT molecular complexity index is 349. The van der Waals surface area contributed by atoms with E-state index in [9.17, 15) is 4.79 Å². The fourth-order valence-corrected chi connectivity index (χ4v) is 1.05. The van der Waals surface area contributed by atoms with Gasteiger partial charge in [-0.2, -0.15) is 0 Å². The van der Waals surface area contributed by atoms with Crippen molar-refractivity contribution in [3.63, 3.8) is 0 Å². The van der Waals surface area contributed by atoms with E-state index < -0.39 is 0 Å². The smallest absolute Gasteiger partial charge is 0.163 e. The van der Waals surface area contributed by atoms with E-state index in [1.165, 1.54) is 0 Å². The summed E-state index contributed by atoms with van der Waals surface area (Å²) in [6, 6.07) is 3.49. The Morgan fingerprint density at radius 2 is 2.46 bits per heavy atom. The summed E-state index contributed by atoms with van der Waals surface area (Å²) >= 11 is 0. The van der Waals surface area contributed by atoms with E-state index in [4.69, 9.17) is 6.42 Å². The Morgan fingerprint density at radius 3 is 3.08 bits per heavy atom. The van der Waals surface area contributed by atoms with Crippen molar-refractivity contribution < 1.29 is 4.79 Å². The normalized spacial score (nSPS) is 9.23. The molecule has 0 N–H and O–H groups in total. The molecule has 2 heteroatoms. The van der Waals surface area contributed by atoms with E-state index in [0.29, 0.717) is 18.4 Å². The quantitative estimate of drug-likeness (QED) is 0.516. The van der Waals surface area contributed by atoms with Crippen LogP contribution in [0.1, 0.15) is 28.9 Å². The van der Waals surface area contributed by atoms with Gasteiger partial charge in [0.1, 0.15) is 0 Å². The summed E-state index contributed by atoms with van der Waals surface area (Å²) < 4.78 is 0. The van der Waals surface area contributed by atoms with Gasteiger partial charge in [0.2, 0.25) is 0 Å². The molecule has 0 aromatic carbocycles. The highest BCUT2D eigenvalue weighted by atomic mass is 16.1. The van der Waals surface area contributed by atoms with Crippen molar-refractivity contribution in [1.82, 2.24) is 4.98 Å². The van der Waals surface area contributed by atoms with Crippen LogP contribution >= 0.6 is 0 Å². The molecule has 0 spiro atoms. The Labute approximate surface area is 78.0 Å². The second kappa shape index (κ2) is 4.42. The van der Waals surface area contributed by atoms with E-state index in [1.807, 2.05) is 6.92 Å². The lowest BCUT2D eigenvalue weighted by atomic mass is 10.1. The van der Waals surface area contributed by atoms with Gasteiger partial charge in [-0.3, -0.25) is 9.78 Å². The van der Waals surface area contributed by atoms with E-state index in [-0.39, 0.29) is 5.78 Å². The van der Waals surface area contributed by atoms with Crippen LogP contribution in [0.3, 0.4) is 0 Å². The first-order valence-electron chi connectivity index (χ1n) is 4.13. The molecule has 0 fully saturated rings. The van der Waals surface area contributed by atoms with Crippen molar-refractivity contribution in [1.29, 1.82) is 0 Å². The molecule has 2 nitrogen and oxygen atoms in total. The monoisotopic (exact) mass is 173 g/mol. The van der Waals surface area contributed by atoms with Crippen molar-refractivity contribution in [3.8, 4) is 12.3 Å². The van der Waals surface area contributed by atoms with Crippen molar-refractivity contribution in [2.45, 2.75) is 19.8 Å². The third-order valence-corrected chi connectivity index (χ3v) is 1.72. The average Bonchev–Trinajstić information content (AvgIpc) is 2.14. The summed E-state index contributed by atoms with van der Waals surface area (Å²) in [5.41, 5.74) is 1.55. The minimum absolute atomic E-state index is 0.0865. The Kier molecular flexibility index (Phi) is 3.22. The highest BCUT2D eigenvalue weighted by Crippen LogP contribution is 2.05. The summed E-state index contributed by atoms with van der Waals surface area (Å²) in [7, 11) is 0. The van der Waals surface area contributed by atoms with Crippen molar-refractivity contribution in [2.75, 3.05) is 0 Å². The van der Waals surface area contributed by atoms with Crippen LogP contribution in [-0.2, 0) is 0 Å². The van der Waals surface area contributed by atoms with Crippen LogP contribution in [0.4, 0.5) is 0 Å². The molecule has 66 valence electrons. The maximum atomic E-state index is 11.4. The molecule has 0 amide bonds. The number of ketones is 1. The number of nitrogens with zero attached hydrogens (tertiary/aromatic N) is 1. The molecule has 0 aliphatic rings. The average molecular weight is 173 g/mol. The minimum atomic E-state index is 0.0865. The largest absolute Gasteiger partial charge is 0.294 e. The molecule has 0 saturated heterocycles. The lowest BCUT2D eigenvalue weighted by Gasteiger charge is -1.98. The number of rotatable bonds is 3. The van der Waals surface area contributed by atoms with E-state index in [0.717, 1.165) is 5.69 Å². The molecule has 1 heterocycles. The molecule has 0 radical (unpaired) electrons. The zero-order valence-electron chi connectivity index (χ0n) is 7.58. The lowest BCUT2D eigenvalue weighted by Crippen LogP contribution is -1.99. The highest BCUT2D eigenvalue weighted by molar-refractivity contribution is 5.96. The zero-order valence-corrected chi connectivity index (χ0v) is 7.58. The van der Waals surface area contributed by atoms with Crippen LogP contribution in [0.2, 0.25) is 0 Å². The molecular weight excluding hydrogens is 162 g/mol. The first-order valence-corrected chi connectivity index (χ1v) is 4.13. The summed E-state index contributed by atoms with van der Waals surface area (Å²) in [6.45, 7) is 1.86. The van der Waals surface area contributed by atoms with Crippen molar-refractivity contribution >= 4 is 5.78 Å². The number of terminal acetylenes is 1. The summed E-state index contributed by atoms with van der Waals surface area (Å²) in [4.78, 5) is 15.4. The van der Waals surface area contributed by atoms with E-state index in [1.54, 1.807) is 18.3 Å². The van der Waals surface area contributed by atoms with Crippen molar-refractivity contribution in [3.05, 3.63) is 29.6 Å². The molecular formula is C11H11NO. The molecule has 0 atom stereocenters. The Morgan fingerprint density at radius 1 is 1.69 bits per heavy atom. The molecule has 0 bridgehead atoms. The van der Waals surface area contributed by atoms with Gasteiger partial charge >= 0.3 is 0 Å². The van der Waals surface area contributed by atoms with Gasteiger partial charge < -0.3 is 0 Å². The first kappa shape index (κ1) is 9.47. The fraction of sp³-hybridized carbons (Fsp3) is 0.273. The third kappa shape index (κ3) is 2.72. The van der Waals surface area contributed by atoms with Gasteiger partial charge in [0.25, 0.3) is 0 Å². The number of pyridine rings is 1. The number of Topliss-reactive ketones (excluding diaryl/α,β-unsaturated/α-hetero) is 1. The number of carbonyl (C=O) groups excluding carboxylic acids is 1. The molecule has 0 aliphatic carbocycles. The number of hydrogen-bond acceptors (Lipinski definition) is 2. The Hall–Kier alpha value is -1.62. The molecule has 0 saturated carbocycles. The van der Waals surface area contributed by atoms with E-state index in [2.05, 4.69) is 10.9 Å². The van der Waals surface area contributed by atoms with Crippen LogP contribution < -0.4 is 0 Å². The second-order valence-electron chi connectivity index (χ2n) is 2.81. The molecule has 13 heavy (non-hydrogen) atoms. The molecule has 0 unspecified atom stereocenters. The number of aromatic nitrogens is 1. The zero-order chi connectivity index (χ0) is 9.68. The third-order valence-electron chi connectivity index (χ3n) is 1.72. The van der Waals surface area contributed by atoms with Crippen molar-refractivity contribution in [2.24, 2.45) is 0 Å². The standard InChI is InChI=1S/C11H11NO/c1-3-4-5-11(13)10-6-7-12-9(2)8-10/h1,6-8H,4-5H2,2H3. The van der Waals surface area contributed by atoms with Gasteiger partial charge in [0.05, 0.1) is 0 Å². The molecule has 1 rings (SSSR count). The Balaban J connectivity index is 2.72. The first-order chi connectivity index (χ1) is 6.24.